The first-order chi connectivity index (χ1) is 9.77. The molecule has 0 unspecified atom stereocenters. The van der Waals surface area contributed by atoms with E-state index in [-0.39, 0.29) is 22.7 Å². The summed E-state index contributed by atoms with van der Waals surface area (Å²) >= 11 is 0. The van der Waals surface area contributed by atoms with Gasteiger partial charge in [0.25, 0.3) is 0 Å². The number of rotatable bonds is 4. The Kier molecular flexibility index (Phi) is 4.19. The zero-order chi connectivity index (χ0) is 15.6. The lowest BCUT2D eigenvalue weighted by Gasteiger charge is -2.09. The number of hydrogen-bond acceptors (Lipinski definition) is 3. The van der Waals surface area contributed by atoms with Gasteiger partial charge in [-0.2, -0.15) is 0 Å². The Bertz CT molecular complexity index is 779. The van der Waals surface area contributed by atoms with Crippen molar-refractivity contribution in [3.63, 3.8) is 0 Å². The standard InChI is InChI=1S/C13H11F3N2O2S/c14-11-4-2-10(21(17,19)20)5-8(11)7-18-9-1-3-12(15)13(16)6-9/h1-6,18H,7H2,(H2,17,19,20). The molecule has 0 saturated carbocycles. The molecule has 21 heavy (non-hydrogen) atoms. The van der Waals surface area contributed by atoms with Gasteiger partial charge in [0.1, 0.15) is 5.82 Å². The summed E-state index contributed by atoms with van der Waals surface area (Å²) in [5, 5.41) is 7.62. The minimum Gasteiger partial charge on any atom is -0.381 e. The van der Waals surface area contributed by atoms with Crippen LogP contribution in [0.5, 0.6) is 0 Å². The van der Waals surface area contributed by atoms with Gasteiger partial charge in [-0.3, -0.25) is 0 Å². The van der Waals surface area contributed by atoms with Gasteiger partial charge in [0, 0.05) is 23.9 Å². The van der Waals surface area contributed by atoms with E-state index in [0.29, 0.717) is 0 Å². The van der Waals surface area contributed by atoms with Crippen molar-refractivity contribution >= 4 is 15.7 Å². The summed E-state index contributed by atoms with van der Waals surface area (Å²) < 4.78 is 61.8. The van der Waals surface area contributed by atoms with Gasteiger partial charge in [0.2, 0.25) is 10.0 Å². The molecule has 8 heteroatoms. The molecule has 0 radical (unpaired) electrons. The summed E-state index contributed by atoms with van der Waals surface area (Å²) in [6.45, 7) is -0.111. The number of sulfonamides is 1. The Labute approximate surface area is 119 Å². The van der Waals surface area contributed by atoms with E-state index in [9.17, 15) is 21.6 Å². The molecule has 0 amide bonds. The molecule has 3 N–H and O–H groups in total. The highest BCUT2D eigenvalue weighted by atomic mass is 32.2. The van der Waals surface area contributed by atoms with Gasteiger partial charge >= 0.3 is 0 Å². The molecular weight excluding hydrogens is 305 g/mol. The van der Waals surface area contributed by atoms with Crippen LogP contribution in [0.1, 0.15) is 5.56 Å². The van der Waals surface area contributed by atoms with Crippen LogP contribution in [0.3, 0.4) is 0 Å². The normalized spacial score (nSPS) is 11.4. The predicted octanol–water partition coefficient (Wildman–Crippen LogP) is 2.36. The van der Waals surface area contributed by atoms with Crippen molar-refractivity contribution in [2.75, 3.05) is 5.32 Å². The number of benzene rings is 2. The van der Waals surface area contributed by atoms with E-state index >= 15 is 0 Å². The molecule has 0 atom stereocenters. The molecule has 4 nitrogen and oxygen atoms in total. The lowest BCUT2D eigenvalue weighted by molar-refractivity contribution is 0.509. The lowest BCUT2D eigenvalue weighted by Crippen LogP contribution is -2.13. The number of primary sulfonamides is 1. The van der Waals surface area contributed by atoms with Crippen LogP contribution >= 0.6 is 0 Å². The van der Waals surface area contributed by atoms with E-state index in [2.05, 4.69) is 5.32 Å². The molecule has 0 saturated heterocycles. The average molecular weight is 316 g/mol. The average Bonchev–Trinajstić information content (AvgIpc) is 2.40. The summed E-state index contributed by atoms with van der Waals surface area (Å²) in [6, 6.07) is 6.22. The topological polar surface area (TPSA) is 72.2 Å². The monoisotopic (exact) mass is 316 g/mol. The van der Waals surface area contributed by atoms with E-state index in [4.69, 9.17) is 5.14 Å². The van der Waals surface area contributed by atoms with Gasteiger partial charge in [-0.15, -0.1) is 0 Å². The molecule has 0 spiro atoms. The quantitative estimate of drug-likeness (QED) is 0.909. The zero-order valence-corrected chi connectivity index (χ0v) is 11.4. The Morgan fingerprint density at radius 3 is 2.24 bits per heavy atom. The fourth-order valence-corrected chi connectivity index (χ4v) is 2.23. The molecular formula is C13H11F3N2O2S. The maximum Gasteiger partial charge on any atom is 0.238 e. The van der Waals surface area contributed by atoms with Crippen LogP contribution in [0.15, 0.2) is 41.3 Å². The summed E-state index contributed by atoms with van der Waals surface area (Å²) in [5.74, 6) is -2.68. The summed E-state index contributed by atoms with van der Waals surface area (Å²) in [7, 11) is -3.94. The lowest BCUT2D eigenvalue weighted by atomic mass is 10.2. The number of hydrogen-bond donors (Lipinski definition) is 2. The van der Waals surface area contributed by atoms with E-state index < -0.39 is 27.5 Å². The summed E-state index contributed by atoms with van der Waals surface area (Å²) in [4.78, 5) is -0.231. The van der Waals surface area contributed by atoms with Gasteiger partial charge in [-0.25, -0.2) is 26.7 Å². The summed E-state index contributed by atoms with van der Waals surface area (Å²) in [5.41, 5.74) is 0.264. The third-order valence-corrected chi connectivity index (χ3v) is 3.66. The molecule has 0 fully saturated rings. The van der Waals surface area contributed by atoms with Crippen LogP contribution in [-0.2, 0) is 16.6 Å². The van der Waals surface area contributed by atoms with Crippen molar-refractivity contribution in [1.29, 1.82) is 0 Å². The first kappa shape index (κ1) is 15.3. The smallest absolute Gasteiger partial charge is 0.238 e. The third kappa shape index (κ3) is 3.73. The molecule has 2 aromatic carbocycles. The second kappa shape index (κ2) is 5.74. The number of nitrogens with two attached hydrogens (primary N) is 1. The highest BCUT2D eigenvalue weighted by Crippen LogP contribution is 2.17. The molecule has 0 aliphatic rings. The first-order valence-corrected chi connectivity index (χ1v) is 7.32. The fourth-order valence-electron chi connectivity index (χ4n) is 1.67. The van der Waals surface area contributed by atoms with Crippen molar-refractivity contribution < 1.29 is 21.6 Å². The SMILES string of the molecule is NS(=O)(=O)c1ccc(F)c(CNc2ccc(F)c(F)c2)c1. The van der Waals surface area contributed by atoms with E-state index in [1.165, 1.54) is 6.07 Å². The van der Waals surface area contributed by atoms with Gasteiger partial charge in [-0.05, 0) is 30.3 Å². The molecule has 112 valence electrons. The second-order valence-electron chi connectivity index (χ2n) is 4.28. The highest BCUT2D eigenvalue weighted by molar-refractivity contribution is 7.89. The van der Waals surface area contributed by atoms with Crippen molar-refractivity contribution in [3.05, 3.63) is 59.4 Å². The van der Waals surface area contributed by atoms with E-state index in [1.807, 2.05) is 0 Å². The first-order valence-electron chi connectivity index (χ1n) is 5.77. The Morgan fingerprint density at radius 1 is 0.952 bits per heavy atom. The minimum absolute atomic E-state index is 0.0336. The van der Waals surface area contributed by atoms with Crippen LogP contribution in [-0.4, -0.2) is 8.42 Å². The van der Waals surface area contributed by atoms with Crippen LogP contribution in [0.2, 0.25) is 0 Å². The van der Waals surface area contributed by atoms with Crippen molar-refractivity contribution in [1.82, 2.24) is 0 Å². The Hall–Kier alpha value is -2.06. The fraction of sp³-hybridized carbons (Fsp3) is 0.0769. The van der Waals surface area contributed by atoms with E-state index in [1.54, 1.807) is 0 Å². The molecule has 0 aromatic heterocycles. The van der Waals surface area contributed by atoms with Crippen LogP contribution in [0.25, 0.3) is 0 Å². The molecule has 2 rings (SSSR count). The summed E-state index contributed by atoms with van der Waals surface area (Å²) in [6.07, 6.45) is 0. The Balaban J connectivity index is 2.21. The largest absolute Gasteiger partial charge is 0.381 e. The maximum absolute atomic E-state index is 13.6. The van der Waals surface area contributed by atoms with Crippen molar-refractivity contribution in [2.24, 2.45) is 5.14 Å². The molecule has 2 aromatic rings. The molecule has 0 aliphatic heterocycles. The zero-order valence-electron chi connectivity index (χ0n) is 10.6. The molecule has 0 heterocycles. The number of halogens is 3. The second-order valence-corrected chi connectivity index (χ2v) is 5.84. The van der Waals surface area contributed by atoms with E-state index in [0.717, 1.165) is 30.3 Å². The van der Waals surface area contributed by atoms with Gasteiger partial charge < -0.3 is 5.32 Å². The Morgan fingerprint density at radius 2 is 1.62 bits per heavy atom. The van der Waals surface area contributed by atoms with Crippen LogP contribution in [0.4, 0.5) is 18.9 Å². The van der Waals surface area contributed by atoms with Gasteiger partial charge in [0.05, 0.1) is 4.90 Å². The minimum atomic E-state index is -3.94. The number of nitrogens with one attached hydrogen (secondary N) is 1. The molecule has 0 bridgehead atoms. The van der Waals surface area contributed by atoms with Crippen LogP contribution in [0, 0.1) is 17.5 Å². The van der Waals surface area contributed by atoms with Gasteiger partial charge in [-0.1, -0.05) is 0 Å². The molecule has 0 aliphatic carbocycles. The van der Waals surface area contributed by atoms with Crippen molar-refractivity contribution in [2.45, 2.75) is 11.4 Å². The predicted molar refractivity (Wildman–Crippen MR) is 71.5 cm³/mol. The third-order valence-electron chi connectivity index (χ3n) is 2.75. The van der Waals surface area contributed by atoms with Crippen molar-refractivity contribution in [3.8, 4) is 0 Å². The number of anilines is 1. The highest BCUT2D eigenvalue weighted by Gasteiger charge is 2.11. The van der Waals surface area contributed by atoms with Crippen LogP contribution < -0.4 is 10.5 Å². The van der Waals surface area contributed by atoms with Gasteiger partial charge in [0.15, 0.2) is 11.6 Å². The maximum atomic E-state index is 13.6.